The first kappa shape index (κ1) is 13.1. The van der Waals surface area contributed by atoms with Gasteiger partial charge < -0.3 is 10.5 Å². The van der Waals surface area contributed by atoms with E-state index in [1.54, 1.807) is 12.1 Å². The van der Waals surface area contributed by atoms with Crippen LogP contribution in [0.5, 0.6) is 5.75 Å². The zero-order chi connectivity index (χ0) is 13.0. The molecule has 2 nitrogen and oxygen atoms in total. The minimum atomic E-state index is -0.315. The minimum Gasteiger partial charge on any atom is -0.492 e. The first-order chi connectivity index (χ1) is 8.65. The molecule has 1 unspecified atom stereocenters. The predicted molar refractivity (Wildman–Crippen MR) is 73.0 cm³/mol. The first-order valence-electron chi connectivity index (χ1n) is 5.54. The number of rotatable bonds is 4. The zero-order valence-electron chi connectivity index (χ0n) is 9.64. The number of hydrogen-bond acceptors (Lipinski definition) is 2. The number of nitrogens with two attached hydrogens (primary N) is 1. The topological polar surface area (TPSA) is 35.2 Å². The molecule has 4 heteroatoms. The Hall–Kier alpha value is -1.39. The van der Waals surface area contributed by atoms with Gasteiger partial charge in [0, 0.05) is 10.5 Å². The number of hydrogen-bond donors (Lipinski definition) is 1. The maximum Gasteiger partial charge on any atom is 0.126 e. The summed E-state index contributed by atoms with van der Waals surface area (Å²) in [4.78, 5) is 0. The molecule has 2 aromatic carbocycles. The summed E-state index contributed by atoms with van der Waals surface area (Å²) < 4.78 is 19.4. The van der Waals surface area contributed by atoms with E-state index in [0.717, 1.165) is 10.0 Å². The third-order valence-electron chi connectivity index (χ3n) is 2.52. The fourth-order valence-electron chi connectivity index (χ4n) is 1.55. The van der Waals surface area contributed by atoms with E-state index in [0.29, 0.717) is 12.4 Å². The Balaban J connectivity index is 1.96. The molecule has 0 aromatic heterocycles. The van der Waals surface area contributed by atoms with Gasteiger partial charge in [-0.05, 0) is 29.8 Å². The lowest BCUT2D eigenvalue weighted by Gasteiger charge is -2.13. The van der Waals surface area contributed by atoms with Crippen molar-refractivity contribution in [1.29, 1.82) is 0 Å². The summed E-state index contributed by atoms with van der Waals surface area (Å²) in [5.41, 5.74) is 6.98. The highest BCUT2D eigenvalue weighted by Crippen LogP contribution is 2.17. The van der Waals surface area contributed by atoms with Crippen molar-refractivity contribution < 1.29 is 9.13 Å². The standard InChI is InChI=1S/C14H13BrFNO/c15-11-6-4-10(5-7-11)14(17)9-18-13-3-1-2-12(16)8-13/h1-8,14H,9,17H2. The van der Waals surface area contributed by atoms with Gasteiger partial charge in [-0.1, -0.05) is 34.1 Å². The van der Waals surface area contributed by atoms with Crippen LogP contribution >= 0.6 is 15.9 Å². The van der Waals surface area contributed by atoms with Gasteiger partial charge in [0.15, 0.2) is 0 Å². The molecule has 94 valence electrons. The van der Waals surface area contributed by atoms with E-state index in [1.807, 2.05) is 24.3 Å². The maximum absolute atomic E-state index is 12.9. The van der Waals surface area contributed by atoms with Gasteiger partial charge in [0.1, 0.15) is 18.2 Å². The van der Waals surface area contributed by atoms with Crippen LogP contribution in [0, 0.1) is 5.82 Å². The lowest BCUT2D eigenvalue weighted by molar-refractivity contribution is 0.289. The molecule has 2 aromatic rings. The van der Waals surface area contributed by atoms with Crippen LogP contribution in [0.25, 0.3) is 0 Å². The molecule has 0 fully saturated rings. The Morgan fingerprint density at radius 1 is 1.17 bits per heavy atom. The fraction of sp³-hybridized carbons (Fsp3) is 0.143. The largest absolute Gasteiger partial charge is 0.492 e. The highest BCUT2D eigenvalue weighted by Gasteiger charge is 2.07. The summed E-state index contributed by atoms with van der Waals surface area (Å²) in [5.74, 6) is 0.173. The van der Waals surface area contributed by atoms with Crippen LogP contribution in [0.15, 0.2) is 53.0 Å². The molecule has 0 radical (unpaired) electrons. The van der Waals surface area contributed by atoms with Crippen molar-refractivity contribution in [2.24, 2.45) is 5.73 Å². The number of ether oxygens (including phenoxy) is 1. The van der Waals surface area contributed by atoms with Gasteiger partial charge in [-0.15, -0.1) is 0 Å². The predicted octanol–water partition coefficient (Wildman–Crippen LogP) is 3.67. The first-order valence-corrected chi connectivity index (χ1v) is 6.34. The monoisotopic (exact) mass is 309 g/mol. The van der Waals surface area contributed by atoms with Gasteiger partial charge in [0.05, 0.1) is 6.04 Å². The molecule has 18 heavy (non-hydrogen) atoms. The molecule has 0 aliphatic heterocycles. The van der Waals surface area contributed by atoms with Crippen LogP contribution in [0.4, 0.5) is 4.39 Å². The lowest BCUT2D eigenvalue weighted by Crippen LogP contribution is -2.18. The molecule has 1 atom stereocenters. The molecular formula is C14H13BrFNO. The Labute approximate surface area is 114 Å². The Bertz CT molecular complexity index is 515. The van der Waals surface area contributed by atoms with Gasteiger partial charge in [0.25, 0.3) is 0 Å². The quantitative estimate of drug-likeness (QED) is 0.935. The van der Waals surface area contributed by atoms with E-state index in [2.05, 4.69) is 15.9 Å². The Morgan fingerprint density at radius 3 is 2.56 bits per heavy atom. The molecule has 0 heterocycles. The smallest absolute Gasteiger partial charge is 0.126 e. The normalized spacial score (nSPS) is 12.2. The van der Waals surface area contributed by atoms with Crippen LogP contribution in [-0.4, -0.2) is 6.61 Å². The Kier molecular flexibility index (Phi) is 4.33. The second-order valence-corrected chi connectivity index (χ2v) is 4.84. The fourth-order valence-corrected chi connectivity index (χ4v) is 1.81. The lowest BCUT2D eigenvalue weighted by atomic mass is 10.1. The molecule has 0 saturated heterocycles. The zero-order valence-corrected chi connectivity index (χ0v) is 11.2. The van der Waals surface area contributed by atoms with Gasteiger partial charge >= 0.3 is 0 Å². The van der Waals surface area contributed by atoms with Crippen molar-refractivity contribution in [3.05, 3.63) is 64.4 Å². The van der Waals surface area contributed by atoms with E-state index >= 15 is 0 Å². The van der Waals surface area contributed by atoms with Gasteiger partial charge in [-0.3, -0.25) is 0 Å². The van der Waals surface area contributed by atoms with Crippen LogP contribution in [0.3, 0.4) is 0 Å². The van der Waals surface area contributed by atoms with Crippen molar-refractivity contribution >= 4 is 15.9 Å². The van der Waals surface area contributed by atoms with E-state index in [1.165, 1.54) is 12.1 Å². The van der Waals surface area contributed by atoms with Gasteiger partial charge in [-0.2, -0.15) is 0 Å². The van der Waals surface area contributed by atoms with E-state index in [-0.39, 0.29) is 11.9 Å². The van der Waals surface area contributed by atoms with E-state index in [9.17, 15) is 4.39 Å². The molecule has 2 rings (SSSR count). The number of halogens is 2. The summed E-state index contributed by atoms with van der Waals surface area (Å²) in [7, 11) is 0. The maximum atomic E-state index is 12.9. The third kappa shape index (κ3) is 3.55. The summed E-state index contributed by atoms with van der Waals surface area (Å²) >= 11 is 3.36. The van der Waals surface area contributed by atoms with Crippen molar-refractivity contribution in [3.8, 4) is 5.75 Å². The van der Waals surface area contributed by atoms with Crippen LogP contribution < -0.4 is 10.5 Å². The Morgan fingerprint density at radius 2 is 1.89 bits per heavy atom. The van der Waals surface area contributed by atoms with Crippen molar-refractivity contribution in [2.75, 3.05) is 6.61 Å². The minimum absolute atomic E-state index is 0.235. The second kappa shape index (κ2) is 5.98. The molecule has 0 bridgehead atoms. The van der Waals surface area contributed by atoms with Crippen molar-refractivity contribution in [2.45, 2.75) is 6.04 Å². The molecule has 0 amide bonds. The van der Waals surface area contributed by atoms with E-state index < -0.39 is 0 Å². The molecular weight excluding hydrogens is 297 g/mol. The summed E-state index contributed by atoms with van der Waals surface area (Å²) in [6, 6.07) is 13.5. The van der Waals surface area contributed by atoms with Crippen molar-refractivity contribution in [3.63, 3.8) is 0 Å². The van der Waals surface area contributed by atoms with Crippen LogP contribution in [0.2, 0.25) is 0 Å². The summed E-state index contributed by atoms with van der Waals surface area (Å²) in [6.45, 7) is 0.311. The van der Waals surface area contributed by atoms with Crippen molar-refractivity contribution in [1.82, 2.24) is 0 Å². The second-order valence-electron chi connectivity index (χ2n) is 3.93. The molecule has 0 aliphatic carbocycles. The molecule has 2 N–H and O–H groups in total. The average molecular weight is 310 g/mol. The molecule has 0 saturated carbocycles. The third-order valence-corrected chi connectivity index (χ3v) is 3.05. The summed E-state index contributed by atoms with van der Waals surface area (Å²) in [6.07, 6.45) is 0. The van der Waals surface area contributed by atoms with Gasteiger partial charge in [-0.25, -0.2) is 4.39 Å². The number of benzene rings is 2. The highest BCUT2D eigenvalue weighted by molar-refractivity contribution is 9.10. The average Bonchev–Trinajstić information content (AvgIpc) is 2.37. The molecule has 0 spiro atoms. The van der Waals surface area contributed by atoms with E-state index in [4.69, 9.17) is 10.5 Å². The SMILES string of the molecule is NC(COc1cccc(F)c1)c1ccc(Br)cc1. The summed E-state index contributed by atoms with van der Waals surface area (Å²) in [5, 5.41) is 0. The highest BCUT2D eigenvalue weighted by atomic mass is 79.9. The molecule has 0 aliphatic rings. The van der Waals surface area contributed by atoms with Crippen LogP contribution in [-0.2, 0) is 0 Å². The van der Waals surface area contributed by atoms with Gasteiger partial charge in [0.2, 0.25) is 0 Å². The van der Waals surface area contributed by atoms with Crippen LogP contribution in [0.1, 0.15) is 11.6 Å².